The third-order valence-corrected chi connectivity index (χ3v) is 4.48. The molecule has 1 rings (SSSR count). The minimum absolute atomic E-state index is 0.101. The zero-order chi connectivity index (χ0) is 16.2. The minimum Gasteiger partial charge on any atom is -0.352 e. The first-order valence-electron chi connectivity index (χ1n) is 6.09. The number of benzene rings is 1. The van der Waals surface area contributed by atoms with Crippen molar-refractivity contribution < 1.29 is 22.2 Å². The van der Waals surface area contributed by atoms with Gasteiger partial charge in [-0.3, -0.25) is 9.00 Å². The lowest BCUT2D eigenvalue weighted by molar-refractivity contribution is -0.137. The van der Waals surface area contributed by atoms with Gasteiger partial charge in [-0.1, -0.05) is 18.5 Å². The van der Waals surface area contributed by atoms with Crippen molar-refractivity contribution in [2.75, 3.05) is 12.8 Å². The van der Waals surface area contributed by atoms with E-state index in [9.17, 15) is 22.2 Å². The summed E-state index contributed by atoms with van der Waals surface area (Å²) in [5.41, 5.74) is -1.12. The summed E-state index contributed by atoms with van der Waals surface area (Å²) < 4.78 is 49.0. The fraction of sp³-hybridized carbons (Fsp3) is 0.462. The predicted molar refractivity (Wildman–Crippen MR) is 76.9 cm³/mol. The maximum atomic E-state index is 12.6. The molecule has 0 saturated carbocycles. The van der Waals surface area contributed by atoms with Crippen molar-refractivity contribution in [2.45, 2.75) is 24.8 Å². The maximum Gasteiger partial charge on any atom is 0.416 e. The van der Waals surface area contributed by atoms with Crippen molar-refractivity contribution in [2.24, 2.45) is 0 Å². The topological polar surface area (TPSA) is 46.2 Å². The van der Waals surface area contributed by atoms with E-state index in [1.807, 2.05) is 0 Å². The van der Waals surface area contributed by atoms with E-state index in [0.717, 1.165) is 12.1 Å². The summed E-state index contributed by atoms with van der Waals surface area (Å²) in [4.78, 5) is 11.8. The van der Waals surface area contributed by atoms with E-state index in [-0.39, 0.29) is 22.4 Å². The third kappa shape index (κ3) is 5.67. The van der Waals surface area contributed by atoms with E-state index in [1.54, 1.807) is 13.2 Å². The molecule has 0 heterocycles. The molecule has 0 aliphatic carbocycles. The molecule has 3 nitrogen and oxygen atoms in total. The molecule has 1 N–H and O–H groups in total. The standard InChI is InChI=1S/C13H15ClF3NO2S/c1-8(21(2)20)3-4-18-12(19)9-5-10(13(15,16)17)7-11(14)6-9/h5-8H,3-4H2,1-2H3,(H,18,19)/t8-,21-/m1/s1. The Morgan fingerprint density at radius 3 is 2.52 bits per heavy atom. The van der Waals surface area contributed by atoms with Gasteiger partial charge in [0.15, 0.2) is 0 Å². The van der Waals surface area contributed by atoms with E-state index >= 15 is 0 Å². The molecule has 0 aliphatic rings. The van der Waals surface area contributed by atoms with Gasteiger partial charge in [0.25, 0.3) is 5.91 Å². The molecule has 0 spiro atoms. The van der Waals surface area contributed by atoms with E-state index in [0.29, 0.717) is 6.42 Å². The number of carbonyl (C=O) groups is 1. The molecule has 0 unspecified atom stereocenters. The fourth-order valence-electron chi connectivity index (χ4n) is 1.54. The molecule has 118 valence electrons. The number of alkyl halides is 3. The second-order valence-electron chi connectivity index (χ2n) is 4.58. The van der Waals surface area contributed by atoms with Crippen LogP contribution in [0, 0.1) is 0 Å². The van der Waals surface area contributed by atoms with Gasteiger partial charge in [-0.05, 0) is 24.6 Å². The molecule has 0 aromatic heterocycles. The van der Waals surface area contributed by atoms with E-state index in [2.05, 4.69) is 5.32 Å². The maximum absolute atomic E-state index is 12.6. The molecule has 0 bridgehead atoms. The van der Waals surface area contributed by atoms with Gasteiger partial charge in [-0.15, -0.1) is 0 Å². The van der Waals surface area contributed by atoms with Crippen LogP contribution in [0.2, 0.25) is 5.02 Å². The van der Waals surface area contributed by atoms with Crippen LogP contribution in [0.3, 0.4) is 0 Å². The first kappa shape index (κ1) is 18.0. The molecule has 1 aromatic carbocycles. The Morgan fingerprint density at radius 2 is 2.00 bits per heavy atom. The molecular weight excluding hydrogens is 327 g/mol. The van der Waals surface area contributed by atoms with Crippen molar-refractivity contribution in [3.8, 4) is 0 Å². The third-order valence-electron chi connectivity index (χ3n) is 2.89. The SMILES string of the molecule is C[C@H](CCNC(=O)c1cc(Cl)cc(C(F)(F)F)c1)[S@@](C)=O. The van der Waals surface area contributed by atoms with Crippen LogP contribution in [-0.4, -0.2) is 28.2 Å². The van der Waals surface area contributed by atoms with Crippen LogP contribution in [0.1, 0.15) is 29.3 Å². The van der Waals surface area contributed by atoms with Crippen molar-refractivity contribution in [3.63, 3.8) is 0 Å². The van der Waals surface area contributed by atoms with Gasteiger partial charge in [0.2, 0.25) is 0 Å². The minimum atomic E-state index is -4.56. The largest absolute Gasteiger partial charge is 0.416 e. The second-order valence-corrected chi connectivity index (χ2v) is 6.82. The van der Waals surface area contributed by atoms with Crippen molar-refractivity contribution >= 4 is 28.3 Å². The van der Waals surface area contributed by atoms with Crippen LogP contribution < -0.4 is 5.32 Å². The van der Waals surface area contributed by atoms with Crippen LogP contribution in [-0.2, 0) is 17.0 Å². The molecule has 21 heavy (non-hydrogen) atoms. The number of halogens is 4. The molecule has 1 aromatic rings. The molecule has 2 atom stereocenters. The van der Waals surface area contributed by atoms with Crippen LogP contribution in [0.5, 0.6) is 0 Å². The highest BCUT2D eigenvalue weighted by Gasteiger charge is 2.31. The van der Waals surface area contributed by atoms with Crippen LogP contribution in [0.15, 0.2) is 18.2 Å². The van der Waals surface area contributed by atoms with Gasteiger partial charge in [-0.2, -0.15) is 13.2 Å². The fourth-order valence-corrected chi connectivity index (χ4v) is 2.23. The van der Waals surface area contributed by atoms with Crippen LogP contribution in [0.4, 0.5) is 13.2 Å². The number of hydrogen-bond acceptors (Lipinski definition) is 2. The van der Waals surface area contributed by atoms with Gasteiger partial charge in [0.1, 0.15) is 0 Å². The lowest BCUT2D eigenvalue weighted by atomic mass is 10.1. The normalized spacial score (nSPS) is 14.6. The molecule has 0 radical (unpaired) electrons. The lowest BCUT2D eigenvalue weighted by Crippen LogP contribution is -2.27. The smallest absolute Gasteiger partial charge is 0.352 e. The predicted octanol–water partition coefficient (Wildman–Crippen LogP) is 3.25. The molecule has 0 aliphatic heterocycles. The second kappa shape index (κ2) is 7.26. The van der Waals surface area contributed by atoms with E-state index in [1.165, 1.54) is 6.07 Å². The number of carbonyl (C=O) groups excluding carboxylic acids is 1. The molecule has 0 fully saturated rings. The Morgan fingerprint density at radius 1 is 1.38 bits per heavy atom. The molecular formula is C13H15ClF3NO2S. The first-order valence-corrected chi connectivity index (χ1v) is 8.09. The number of hydrogen-bond donors (Lipinski definition) is 1. The van der Waals surface area contributed by atoms with Gasteiger partial charge in [-0.25, -0.2) is 0 Å². The highest BCUT2D eigenvalue weighted by atomic mass is 35.5. The average Bonchev–Trinajstić information content (AvgIpc) is 2.36. The number of amides is 1. The molecule has 0 saturated heterocycles. The zero-order valence-corrected chi connectivity index (χ0v) is 13.0. The van der Waals surface area contributed by atoms with Crippen molar-refractivity contribution in [1.82, 2.24) is 5.32 Å². The highest BCUT2D eigenvalue weighted by molar-refractivity contribution is 7.84. The monoisotopic (exact) mass is 341 g/mol. The highest BCUT2D eigenvalue weighted by Crippen LogP contribution is 2.31. The summed E-state index contributed by atoms with van der Waals surface area (Å²) in [5, 5.41) is 2.24. The van der Waals surface area contributed by atoms with Gasteiger partial charge >= 0.3 is 6.18 Å². The Kier molecular flexibility index (Phi) is 6.22. The summed E-state index contributed by atoms with van der Waals surface area (Å²) >= 11 is 5.61. The van der Waals surface area contributed by atoms with Crippen LogP contribution >= 0.6 is 11.6 Å². The quantitative estimate of drug-likeness (QED) is 0.893. The first-order chi connectivity index (χ1) is 9.61. The van der Waals surface area contributed by atoms with Crippen LogP contribution in [0.25, 0.3) is 0 Å². The number of rotatable bonds is 5. The van der Waals surface area contributed by atoms with E-state index < -0.39 is 28.4 Å². The summed E-state index contributed by atoms with van der Waals surface area (Å²) in [6, 6.07) is 2.69. The number of nitrogens with one attached hydrogen (secondary N) is 1. The summed E-state index contributed by atoms with van der Waals surface area (Å²) in [5.74, 6) is -0.642. The van der Waals surface area contributed by atoms with Gasteiger partial charge in [0.05, 0.1) is 5.56 Å². The average molecular weight is 342 g/mol. The Bertz CT molecular complexity index is 549. The summed E-state index contributed by atoms with van der Waals surface area (Å²) in [6.45, 7) is 2.00. The summed E-state index contributed by atoms with van der Waals surface area (Å²) in [6.07, 6.45) is -2.53. The Balaban J connectivity index is 2.75. The van der Waals surface area contributed by atoms with Crippen molar-refractivity contribution in [1.29, 1.82) is 0 Å². The molecule has 1 amide bonds. The van der Waals surface area contributed by atoms with E-state index in [4.69, 9.17) is 11.6 Å². The lowest BCUT2D eigenvalue weighted by Gasteiger charge is -2.11. The van der Waals surface area contributed by atoms with Crippen molar-refractivity contribution in [3.05, 3.63) is 34.3 Å². The Hall–Kier alpha value is -1.08. The zero-order valence-electron chi connectivity index (χ0n) is 11.5. The van der Waals surface area contributed by atoms with Gasteiger partial charge in [0, 0.05) is 39.4 Å². The molecule has 8 heteroatoms. The van der Waals surface area contributed by atoms with Gasteiger partial charge < -0.3 is 5.32 Å². The Labute approximate surface area is 128 Å². The summed E-state index contributed by atoms with van der Waals surface area (Å²) in [7, 11) is -1.01.